The van der Waals surface area contributed by atoms with Gasteiger partial charge in [-0.25, -0.2) is 4.79 Å². The van der Waals surface area contributed by atoms with Crippen LogP contribution in [0.4, 0.5) is 5.69 Å². The lowest BCUT2D eigenvalue weighted by Crippen LogP contribution is -2.25. The highest BCUT2D eigenvalue weighted by atomic mass is 16.5. The van der Waals surface area contributed by atoms with Crippen LogP contribution in [-0.2, 0) is 0 Å². The van der Waals surface area contributed by atoms with Gasteiger partial charge in [0, 0.05) is 30.4 Å². The number of phenolic OH excluding ortho intramolecular Hbond substituents is 1. The number of anilines is 1. The van der Waals surface area contributed by atoms with E-state index < -0.39 is 11.8 Å². The fraction of sp³-hybridized carbons (Fsp3) is 0.333. The molecule has 0 aliphatic heterocycles. The number of aromatic hydroxyl groups is 1. The number of carboxylic acid groups (broad SMARTS) is 1. The molecule has 0 amide bonds. The van der Waals surface area contributed by atoms with Gasteiger partial charge in [-0.15, -0.1) is 0 Å². The molecule has 2 aromatic rings. The molecule has 0 saturated carbocycles. The number of carboxylic acids is 1. The van der Waals surface area contributed by atoms with Crippen LogP contribution in [0.3, 0.4) is 0 Å². The van der Waals surface area contributed by atoms with E-state index in [1.807, 2.05) is 6.92 Å². The van der Waals surface area contributed by atoms with Crippen molar-refractivity contribution >= 4 is 17.4 Å². The van der Waals surface area contributed by atoms with E-state index in [4.69, 9.17) is 4.74 Å². The van der Waals surface area contributed by atoms with E-state index in [-0.39, 0.29) is 29.0 Å². The van der Waals surface area contributed by atoms with Crippen molar-refractivity contribution in [1.29, 1.82) is 0 Å². The first kappa shape index (κ1) is 23.0. The molecule has 0 spiro atoms. The molecule has 0 saturated heterocycles. The van der Waals surface area contributed by atoms with Gasteiger partial charge in [0.15, 0.2) is 5.78 Å². The molecule has 0 radical (unpaired) electrons. The van der Waals surface area contributed by atoms with Crippen LogP contribution >= 0.6 is 0 Å². The minimum Gasteiger partial charge on any atom is -0.507 e. The minimum absolute atomic E-state index is 0.0105. The first-order valence-corrected chi connectivity index (χ1v) is 10.0. The van der Waals surface area contributed by atoms with E-state index in [1.54, 1.807) is 24.3 Å². The molecule has 160 valence electrons. The van der Waals surface area contributed by atoms with Gasteiger partial charge in [0.1, 0.15) is 18.1 Å². The lowest BCUT2D eigenvalue weighted by molar-refractivity contribution is 0.0692. The number of benzene rings is 2. The van der Waals surface area contributed by atoms with Crippen LogP contribution in [0.25, 0.3) is 0 Å². The maximum Gasteiger partial charge on any atom is 0.336 e. The predicted molar refractivity (Wildman–Crippen MR) is 118 cm³/mol. The Bertz CT molecular complexity index is 920. The highest BCUT2D eigenvalue weighted by molar-refractivity contribution is 6.15. The van der Waals surface area contributed by atoms with Gasteiger partial charge in [-0.05, 0) is 49.6 Å². The second-order valence-corrected chi connectivity index (χ2v) is 7.40. The van der Waals surface area contributed by atoms with Gasteiger partial charge in [-0.1, -0.05) is 26.5 Å². The average Bonchev–Trinajstić information content (AvgIpc) is 2.72. The fourth-order valence-electron chi connectivity index (χ4n) is 3.08. The lowest BCUT2D eigenvalue weighted by Gasteiger charge is -2.24. The minimum atomic E-state index is -1.25. The standard InChI is InChI=1S/C24H29NO5/c1-5-13-30-18-8-10-19(21(15-18)24(28)29)23(27)20-9-7-17(14-22(20)26)25(6-2)12-11-16(3)4/h5,7-10,14-16,26H,1,6,11-13H2,2-4H3,(H,28,29). The molecule has 0 atom stereocenters. The molecular weight excluding hydrogens is 382 g/mol. The number of carbonyl (C=O) groups excluding carboxylic acids is 1. The third-order valence-corrected chi connectivity index (χ3v) is 4.78. The summed E-state index contributed by atoms with van der Waals surface area (Å²) < 4.78 is 5.36. The molecule has 0 aromatic heterocycles. The number of nitrogens with zero attached hydrogens (tertiary/aromatic N) is 1. The summed E-state index contributed by atoms with van der Waals surface area (Å²) in [6.07, 6.45) is 2.55. The normalized spacial score (nSPS) is 10.7. The zero-order chi connectivity index (χ0) is 22.3. The largest absolute Gasteiger partial charge is 0.507 e. The maximum absolute atomic E-state index is 13.0. The Hall–Kier alpha value is -3.28. The SMILES string of the molecule is C=CCOc1ccc(C(=O)c2ccc(N(CC)CCC(C)C)cc2O)c(C(=O)O)c1. The highest BCUT2D eigenvalue weighted by Gasteiger charge is 2.22. The summed E-state index contributed by atoms with van der Waals surface area (Å²) >= 11 is 0. The van der Waals surface area contributed by atoms with E-state index in [9.17, 15) is 19.8 Å². The Labute approximate surface area is 177 Å². The van der Waals surface area contributed by atoms with Crippen molar-refractivity contribution in [3.63, 3.8) is 0 Å². The summed E-state index contributed by atoms with van der Waals surface area (Å²) in [7, 11) is 0. The lowest BCUT2D eigenvalue weighted by atomic mass is 9.97. The molecule has 2 N–H and O–H groups in total. The van der Waals surface area contributed by atoms with Crippen molar-refractivity contribution in [2.45, 2.75) is 27.2 Å². The molecule has 6 nitrogen and oxygen atoms in total. The van der Waals surface area contributed by atoms with E-state index in [0.717, 1.165) is 25.2 Å². The quantitative estimate of drug-likeness (QED) is 0.410. The number of carbonyl (C=O) groups is 2. The van der Waals surface area contributed by atoms with Crippen LogP contribution in [0, 0.1) is 5.92 Å². The topological polar surface area (TPSA) is 87.1 Å². The summed E-state index contributed by atoms with van der Waals surface area (Å²) in [6, 6.07) is 9.10. The van der Waals surface area contributed by atoms with Crippen LogP contribution in [-0.4, -0.2) is 41.7 Å². The van der Waals surface area contributed by atoms with Crippen LogP contribution in [0.5, 0.6) is 11.5 Å². The third-order valence-electron chi connectivity index (χ3n) is 4.78. The number of hydrogen-bond acceptors (Lipinski definition) is 5. The zero-order valence-corrected chi connectivity index (χ0v) is 17.7. The average molecular weight is 411 g/mol. The molecule has 0 heterocycles. The fourth-order valence-corrected chi connectivity index (χ4v) is 3.08. The van der Waals surface area contributed by atoms with Gasteiger partial charge in [-0.3, -0.25) is 4.79 Å². The van der Waals surface area contributed by atoms with Crippen LogP contribution in [0.1, 0.15) is 53.5 Å². The zero-order valence-electron chi connectivity index (χ0n) is 17.7. The smallest absolute Gasteiger partial charge is 0.336 e. The number of aromatic carboxylic acids is 1. The second-order valence-electron chi connectivity index (χ2n) is 7.40. The molecule has 0 aliphatic rings. The summed E-state index contributed by atoms with van der Waals surface area (Å²) in [4.78, 5) is 26.8. The van der Waals surface area contributed by atoms with Crippen LogP contribution in [0.15, 0.2) is 49.1 Å². The van der Waals surface area contributed by atoms with Gasteiger partial charge in [0.05, 0.1) is 11.1 Å². The number of phenols is 1. The van der Waals surface area contributed by atoms with Gasteiger partial charge >= 0.3 is 5.97 Å². The van der Waals surface area contributed by atoms with Crippen LogP contribution < -0.4 is 9.64 Å². The second kappa shape index (κ2) is 10.5. The van der Waals surface area contributed by atoms with Crippen molar-refractivity contribution in [1.82, 2.24) is 0 Å². The molecule has 0 aliphatic carbocycles. The molecule has 0 bridgehead atoms. The van der Waals surface area contributed by atoms with Crippen molar-refractivity contribution in [2.24, 2.45) is 5.92 Å². The monoisotopic (exact) mass is 411 g/mol. The third kappa shape index (κ3) is 5.63. The molecule has 2 rings (SSSR count). The summed E-state index contributed by atoms with van der Waals surface area (Å²) in [6.45, 7) is 11.7. The number of rotatable bonds is 11. The summed E-state index contributed by atoms with van der Waals surface area (Å²) in [5.41, 5.74) is 0.681. The van der Waals surface area contributed by atoms with E-state index in [1.165, 1.54) is 18.2 Å². The predicted octanol–water partition coefficient (Wildman–Crippen LogP) is 4.76. The number of hydrogen-bond donors (Lipinski definition) is 2. The van der Waals surface area contributed by atoms with Gasteiger partial charge in [0.25, 0.3) is 0 Å². The Kier molecular flexibility index (Phi) is 8.04. The molecular formula is C24H29NO5. The van der Waals surface area contributed by atoms with Crippen molar-refractivity contribution in [3.8, 4) is 11.5 Å². The first-order chi connectivity index (χ1) is 14.3. The van der Waals surface area contributed by atoms with Crippen molar-refractivity contribution in [2.75, 3.05) is 24.6 Å². The van der Waals surface area contributed by atoms with E-state index in [2.05, 4.69) is 25.3 Å². The number of ether oxygens (including phenoxy) is 1. The summed E-state index contributed by atoms with van der Waals surface area (Å²) in [5, 5.41) is 20.1. The van der Waals surface area contributed by atoms with Crippen molar-refractivity contribution < 1.29 is 24.5 Å². The Morgan fingerprint density at radius 1 is 1.13 bits per heavy atom. The van der Waals surface area contributed by atoms with Crippen LogP contribution in [0.2, 0.25) is 0 Å². The van der Waals surface area contributed by atoms with Gasteiger partial charge in [0.2, 0.25) is 0 Å². The maximum atomic E-state index is 13.0. The van der Waals surface area contributed by atoms with Gasteiger partial charge < -0.3 is 19.8 Å². The van der Waals surface area contributed by atoms with Crippen molar-refractivity contribution in [3.05, 3.63) is 65.7 Å². The summed E-state index contributed by atoms with van der Waals surface area (Å²) in [5.74, 6) is -1.10. The van der Waals surface area contributed by atoms with Gasteiger partial charge in [-0.2, -0.15) is 0 Å². The van der Waals surface area contributed by atoms with E-state index in [0.29, 0.717) is 11.7 Å². The Morgan fingerprint density at radius 3 is 2.40 bits per heavy atom. The molecule has 30 heavy (non-hydrogen) atoms. The molecule has 0 unspecified atom stereocenters. The highest BCUT2D eigenvalue weighted by Crippen LogP contribution is 2.29. The number of ketones is 1. The molecule has 0 fully saturated rings. The Morgan fingerprint density at radius 2 is 1.83 bits per heavy atom. The van der Waals surface area contributed by atoms with E-state index >= 15 is 0 Å². The Balaban J connectivity index is 2.34. The molecule has 6 heteroatoms. The molecule has 2 aromatic carbocycles. The first-order valence-electron chi connectivity index (χ1n) is 10.0.